The average molecular weight is 251 g/mol. The lowest BCUT2D eigenvalue weighted by Gasteiger charge is -2.16. The number of hydrogen-bond acceptors (Lipinski definition) is 3. The third-order valence-electron chi connectivity index (χ3n) is 3.21. The second kappa shape index (κ2) is 5.89. The molecule has 1 aromatic carbocycles. The molecular formula is C14H21NOS. The fourth-order valence-corrected chi connectivity index (χ4v) is 3.28. The SMILES string of the molecule is CC(C)C(O)CNCC1Cc2ccccc2S1. The predicted octanol–water partition coefficient (Wildman–Crippen LogP) is 2.31. The highest BCUT2D eigenvalue weighted by Crippen LogP contribution is 2.36. The number of thioether (sulfide) groups is 1. The van der Waals surface area contributed by atoms with Gasteiger partial charge in [-0.15, -0.1) is 11.8 Å². The molecule has 0 spiro atoms. The Morgan fingerprint density at radius 1 is 1.41 bits per heavy atom. The van der Waals surface area contributed by atoms with E-state index in [-0.39, 0.29) is 6.10 Å². The summed E-state index contributed by atoms with van der Waals surface area (Å²) in [4.78, 5) is 1.42. The topological polar surface area (TPSA) is 32.3 Å². The van der Waals surface area contributed by atoms with E-state index >= 15 is 0 Å². The van der Waals surface area contributed by atoms with Gasteiger partial charge in [-0.2, -0.15) is 0 Å². The van der Waals surface area contributed by atoms with Crippen LogP contribution in [0.3, 0.4) is 0 Å². The number of aliphatic hydroxyl groups excluding tert-OH is 1. The molecule has 1 aromatic rings. The van der Waals surface area contributed by atoms with Gasteiger partial charge in [-0.05, 0) is 24.0 Å². The minimum Gasteiger partial charge on any atom is -0.392 e. The molecule has 0 aliphatic carbocycles. The van der Waals surface area contributed by atoms with Gasteiger partial charge in [0.2, 0.25) is 0 Å². The lowest BCUT2D eigenvalue weighted by molar-refractivity contribution is 0.124. The molecule has 0 radical (unpaired) electrons. The van der Waals surface area contributed by atoms with Crippen LogP contribution in [0.1, 0.15) is 19.4 Å². The van der Waals surface area contributed by atoms with Crippen LogP contribution >= 0.6 is 11.8 Å². The zero-order valence-electron chi connectivity index (χ0n) is 10.5. The molecule has 0 fully saturated rings. The van der Waals surface area contributed by atoms with Gasteiger partial charge in [0.05, 0.1) is 6.10 Å². The lowest BCUT2D eigenvalue weighted by atomic mass is 10.1. The fraction of sp³-hybridized carbons (Fsp3) is 0.571. The van der Waals surface area contributed by atoms with Crippen LogP contribution in [-0.2, 0) is 6.42 Å². The molecule has 0 bridgehead atoms. The number of hydrogen-bond donors (Lipinski definition) is 2. The van der Waals surface area contributed by atoms with Crippen LogP contribution in [0.2, 0.25) is 0 Å². The Kier molecular flexibility index (Phi) is 4.48. The van der Waals surface area contributed by atoms with Crippen LogP contribution in [0.15, 0.2) is 29.2 Å². The number of nitrogens with one attached hydrogen (secondary N) is 1. The van der Waals surface area contributed by atoms with E-state index in [4.69, 9.17) is 0 Å². The molecule has 2 unspecified atom stereocenters. The first kappa shape index (κ1) is 12.9. The molecular weight excluding hydrogens is 230 g/mol. The Labute approximate surface area is 108 Å². The van der Waals surface area contributed by atoms with Gasteiger partial charge in [0.15, 0.2) is 0 Å². The molecule has 3 heteroatoms. The van der Waals surface area contributed by atoms with E-state index in [1.165, 1.54) is 10.5 Å². The van der Waals surface area contributed by atoms with E-state index in [1.54, 1.807) is 0 Å². The maximum absolute atomic E-state index is 9.70. The van der Waals surface area contributed by atoms with Crippen LogP contribution in [0.25, 0.3) is 0 Å². The summed E-state index contributed by atoms with van der Waals surface area (Å²) in [6.07, 6.45) is 0.912. The molecule has 1 aliphatic heterocycles. The molecule has 2 N–H and O–H groups in total. The maximum Gasteiger partial charge on any atom is 0.0687 e. The molecule has 2 atom stereocenters. The van der Waals surface area contributed by atoms with Crippen molar-refractivity contribution in [2.75, 3.05) is 13.1 Å². The Bertz CT molecular complexity index is 342. The zero-order chi connectivity index (χ0) is 12.3. The van der Waals surface area contributed by atoms with Crippen molar-refractivity contribution >= 4 is 11.8 Å². The van der Waals surface area contributed by atoms with E-state index < -0.39 is 0 Å². The van der Waals surface area contributed by atoms with Gasteiger partial charge >= 0.3 is 0 Å². The third-order valence-corrected chi connectivity index (χ3v) is 4.53. The second-order valence-electron chi connectivity index (χ2n) is 5.02. The van der Waals surface area contributed by atoms with E-state index in [0.717, 1.165) is 13.0 Å². The Morgan fingerprint density at radius 3 is 2.88 bits per heavy atom. The van der Waals surface area contributed by atoms with Crippen molar-refractivity contribution in [3.63, 3.8) is 0 Å². The van der Waals surface area contributed by atoms with Gasteiger partial charge in [-0.1, -0.05) is 32.0 Å². The first-order chi connectivity index (χ1) is 8.16. The molecule has 0 aromatic heterocycles. The Hall–Kier alpha value is -0.510. The molecule has 0 saturated carbocycles. The highest BCUT2D eigenvalue weighted by Gasteiger charge is 2.21. The maximum atomic E-state index is 9.70. The molecule has 0 amide bonds. The van der Waals surface area contributed by atoms with Gasteiger partial charge < -0.3 is 10.4 Å². The van der Waals surface area contributed by atoms with E-state index in [0.29, 0.717) is 17.7 Å². The van der Waals surface area contributed by atoms with Crippen molar-refractivity contribution in [2.24, 2.45) is 5.92 Å². The highest BCUT2D eigenvalue weighted by molar-refractivity contribution is 8.00. The molecule has 94 valence electrons. The van der Waals surface area contributed by atoms with Crippen molar-refractivity contribution in [3.05, 3.63) is 29.8 Å². The molecule has 2 nitrogen and oxygen atoms in total. The van der Waals surface area contributed by atoms with Gasteiger partial charge in [-0.25, -0.2) is 0 Å². The molecule has 1 aliphatic rings. The number of benzene rings is 1. The zero-order valence-corrected chi connectivity index (χ0v) is 11.3. The van der Waals surface area contributed by atoms with Gasteiger partial charge in [0.1, 0.15) is 0 Å². The summed E-state index contributed by atoms with van der Waals surface area (Å²) in [6, 6.07) is 8.62. The van der Waals surface area contributed by atoms with Crippen molar-refractivity contribution < 1.29 is 5.11 Å². The first-order valence-corrected chi connectivity index (χ1v) is 7.18. The molecule has 0 saturated heterocycles. The quantitative estimate of drug-likeness (QED) is 0.842. The summed E-state index contributed by atoms with van der Waals surface area (Å²) < 4.78 is 0. The standard InChI is InChI=1S/C14H21NOS/c1-10(2)13(16)9-15-8-12-7-11-5-3-4-6-14(11)17-12/h3-6,10,12-13,15-16H,7-9H2,1-2H3. The predicted molar refractivity (Wildman–Crippen MR) is 73.5 cm³/mol. The highest BCUT2D eigenvalue weighted by atomic mass is 32.2. The normalized spacial score (nSPS) is 20.6. The number of rotatable bonds is 5. The Balaban J connectivity index is 1.73. The van der Waals surface area contributed by atoms with Crippen LogP contribution < -0.4 is 5.32 Å². The molecule has 1 heterocycles. The number of fused-ring (bicyclic) bond motifs is 1. The van der Waals surface area contributed by atoms with E-state index in [1.807, 2.05) is 25.6 Å². The van der Waals surface area contributed by atoms with Crippen molar-refractivity contribution in [2.45, 2.75) is 36.5 Å². The van der Waals surface area contributed by atoms with Gasteiger partial charge in [-0.3, -0.25) is 0 Å². The van der Waals surface area contributed by atoms with E-state index in [2.05, 4.69) is 29.6 Å². The summed E-state index contributed by atoms with van der Waals surface area (Å²) in [7, 11) is 0. The monoisotopic (exact) mass is 251 g/mol. The van der Waals surface area contributed by atoms with Crippen LogP contribution in [0, 0.1) is 5.92 Å². The minimum absolute atomic E-state index is 0.233. The number of aliphatic hydroxyl groups is 1. The first-order valence-electron chi connectivity index (χ1n) is 6.30. The van der Waals surface area contributed by atoms with Crippen molar-refractivity contribution in [1.29, 1.82) is 0 Å². The van der Waals surface area contributed by atoms with Gasteiger partial charge in [0, 0.05) is 23.2 Å². The molecule has 17 heavy (non-hydrogen) atoms. The van der Waals surface area contributed by atoms with Crippen molar-refractivity contribution in [1.82, 2.24) is 5.32 Å². The second-order valence-corrected chi connectivity index (χ2v) is 6.36. The Morgan fingerprint density at radius 2 is 2.18 bits per heavy atom. The summed E-state index contributed by atoms with van der Waals surface area (Å²) in [5, 5.41) is 13.7. The van der Waals surface area contributed by atoms with Gasteiger partial charge in [0.25, 0.3) is 0 Å². The smallest absolute Gasteiger partial charge is 0.0687 e. The summed E-state index contributed by atoms with van der Waals surface area (Å²) in [5.41, 5.74) is 1.47. The average Bonchev–Trinajstić information content (AvgIpc) is 2.71. The van der Waals surface area contributed by atoms with Crippen LogP contribution in [0.4, 0.5) is 0 Å². The van der Waals surface area contributed by atoms with E-state index in [9.17, 15) is 5.11 Å². The van der Waals surface area contributed by atoms with Crippen LogP contribution in [0.5, 0.6) is 0 Å². The molecule has 2 rings (SSSR count). The largest absolute Gasteiger partial charge is 0.392 e. The fourth-order valence-electron chi connectivity index (χ4n) is 2.00. The van der Waals surface area contributed by atoms with Crippen LogP contribution in [-0.4, -0.2) is 29.5 Å². The third kappa shape index (κ3) is 3.47. The summed E-state index contributed by atoms with van der Waals surface area (Å²) in [5.74, 6) is 0.330. The minimum atomic E-state index is -0.233. The summed E-state index contributed by atoms with van der Waals surface area (Å²) in [6.45, 7) is 5.77. The summed E-state index contributed by atoms with van der Waals surface area (Å²) >= 11 is 1.95. The van der Waals surface area contributed by atoms with Crippen molar-refractivity contribution in [3.8, 4) is 0 Å². The lowest BCUT2D eigenvalue weighted by Crippen LogP contribution is -2.34.